The van der Waals surface area contributed by atoms with E-state index < -0.39 is 0 Å². The van der Waals surface area contributed by atoms with E-state index in [2.05, 4.69) is 4.98 Å². The van der Waals surface area contributed by atoms with E-state index in [1.165, 1.54) is 11.3 Å². The number of benzene rings is 3. The highest BCUT2D eigenvalue weighted by molar-refractivity contribution is 7.15. The molecule has 35 heavy (non-hydrogen) atoms. The number of aromatic nitrogens is 2. The van der Waals surface area contributed by atoms with Gasteiger partial charge in [0.25, 0.3) is 5.56 Å². The SMILES string of the molecule is CCOc1cc(/C=c2\sc3nc4ccccc4n3c2=O)ccc1OCCOc1c(C)cccc1C. The lowest BCUT2D eigenvalue weighted by molar-refractivity contribution is 0.207. The molecule has 6 nitrogen and oxygen atoms in total. The van der Waals surface area contributed by atoms with E-state index in [1.54, 1.807) is 4.40 Å². The summed E-state index contributed by atoms with van der Waals surface area (Å²) < 4.78 is 20.0. The molecule has 0 saturated heterocycles. The van der Waals surface area contributed by atoms with Gasteiger partial charge in [0, 0.05) is 0 Å². The van der Waals surface area contributed by atoms with Crippen molar-refractivity contribution in [3.05, 3.63) is 92.2 Å². The third-order valence-corrected chi connectivity index (χ3v) is 6.68. The minimum absolute atomic E-state index is 0.0689. The van der Waals surface area contributed by atoms with Gasteiger partial charge in [-0.1, -0.05) is 47.7 Å². The Bertz CT molecular complexity index is 1600. The lowest BCUT2D eigenvalue weighted by Gasteiger charge is -2.14. The molecule has 0 radical (unpaired) electrons. The number of rotatable bonds is 8. The van der Waals surface area contributed by atoms with Gasteiger partial charge in [-0.15, -0.1) is 0 Å². The highest BCUT2D eigenvalue weighted by Gasteiger charge is 2.12. The number of para-hydroxylation sites is 3. The quantitative estimate of drug-likeness (QED) is 0.291. The minimum atomic E-state index is -0.0689. The van der Waals surface area contributed by atoms with E-state index in [0.717, 1.165) is 33.5 Å². The first-order chi connectivity index (χ1) is 17.0. The molecule has 0 unspecified atom stereocenters. The summed E-state index contributed by atoms with van der Waals surface area (Å²) >= 11 is 1.38. The van der Waals surface area contributed by atoms with Crippen LogP contribution in [0.25, 0.3) is 22.1 Å². The molecule has 3 aromatic carbocycles. The van der Waals surface area contributed by atoms with Gasteiger partial charge in [0.05, 0.1) is 22.2 Å². The fourth-order valence-electron chi connectivity index (χ4n) is 4.09. The van der Waals surface area contributed by atoms with Crippen molar-refractivity contribution in [3.8, 4) is 17.2 Å². The first-order valence-electron chi connectivity index (χ1n) is 11.6. The molecule has 0 atom stereocenters. The second-order valence-electron chi connectivity index (χ2n) is 8.19. The summed E-state index contributed by atoms with van der Waals surface area (Å²) in [4.78, 5) is 18.3. The third kappa shape index (κ3) is 4.59. The van der Waals surface area contributed by atoms with Gasteiger partial charge in [-0.3, -0.25) is 4.79 Å². The molecule has 7 heteroatoms. The lowest BCUT2D eigenvalue weighted by atomic mass is 10.1. The van der Waals surface area contributed by atoms with Crippen molar-refractivity contribution in [1.82, 2.24) is 9.38 Å². The van der Waals surface area contributed by atoms with Crippen LogP contribution in [0.15, 0.2) is 65.5 Å². The molecule has 2 heterocycles. The van der Waals surface area contributed by atoms with Gasteiger partial charge >= 0.3 is 0 Å². The zero-order valence-corrected chi connectivity index (χ0v) is 20.7. The van der Waals surface area contributed by atoms with Crippen molar-refractivity contribution >= 4 is 33.4 Å². The van der Waals surface area contributed by atoms with Gasteiger partial charge in [0.2, 0.25) is 0 Å². The van der Waals surface area contributed by atoms with E-state index in [9.17, 15) is 4.79 Å². The van der Waals surface area contributed by atoms with Gasteiger partial charge in [-0.25, -0.2) is 9.38 Å². The van der Waals surface area contributed by atoms with Gasteiger partial charge in [-0.2, -0.15) is 0 Å². The zero-order chi connectivity index (χ0) is 24.4. The van der Waals surface area contributed by atoms with Gasteiger partial charge in [-0.05, 0) is 67.8 Å². The lowest BCUT2D eigenvalue weighted by Crippen LogP contribution is -2.22. The number of nitrogens with zero attached hydrogens (tertiary/aromatic N) is 2. The molecule has 0 aliphatic rings. The average Bonchev–Trinajstić information content (AvgIpc) is 3.35. The molecule has 178 valence electrons. The Labute approximate surface area is 207 Å². The van der Waals surface area contributed by atoms with E-state index in [1.807, 2.05) is 87.5 Å². The summed E-state index contributed by atoms with van der Waals surface area (Å²) in [5.74, 6) is 2.17. The largest absolute Gasteiger partial charge is 0.490 e. The summed E-state index contributed by atoms with van der Waals surface area (Å²) in [6.45, 7) is 7.31. The number of aryl methyl sites for hydroxylation is 2. The molecule has 2 aromatic heterocycles. The van der Waals surface area contributed by atoms with Crippen LogP contribution in [0.2, 0.25) is 0 Å². The summed E-state index contributed by atoms with van der Waals surface area (Å²) in [5.41, 5.74) is 4.65. The maximum absolute atomic E-state index is 13.1. The van der Waals surface area contributed by atoms with Crippen LogP contribution < -0.4 is 24.3 Å². The van der Waals surface area contributed by atoms with Crippen molar-refractivity contribution in [2.45, 2.75) is 20.8 Å². The summed E-state index contributed by atoms with van der Waals surface area (Å²) in [5, 5.41) is 0. The topological polar surface area (TPSA) is 62.1 Å². The van der Waals surface area contributed by atoms with E-state index in [-0.39, 0.29) is 5.56 Å². The molecule has 0 N–H and O–H groups in total. The normalized spacial score (nSPS) is 11.9. The maximum atomic E-state index is 13.1. The number of imidazole rings is 1. The molecule has 0 aliphatic carbocycles. The number of thiazole rings is 1. The van der Waals surface area contributed by atoms with E-state index >= 15 is 0 Å². The molecular formula is C28H26N2O4S. The predicted molar refractivity (Wildman–Crippen MR) is 140 cm³/mol. The van der Waals surface area contributed by atoms with Crippen LogP contribution in [-0.2, 0) is 0 Å². The highest BCUT2D eigenvalue weighted by Crippen LogP contribution is 2.29. The van der Waals surface area contributed by atoms with Gasteiger partial charge in [0.15, 0.2) is 16.5 Å². The first kappa shape index (κ1) is 22.9. The molecule has 0 amide bonds. The van der Waals surface area contributed by atoms with Crippen molar-refractivity contribution in [1.29, 1.82) is 0 Å². The zero-order valence-electron chi connectivity index (χ0n) is 19.9. The van der Waals surface area contributed by atoms with E-state index in [4.69, 9.17) is 14.2 Å². The number of ether oxygens (including phenoxy) is 3. The van der Waals surface area contributed by atoms with Crippen LogP contribution in [-0.4, -0.2) is 29.2 Å². The maximum Gasteiger partial charge on any atom is 0.274 e. The van der Waals surface area contributed by atoms with Crippen LogP contribution >= 0.6 is 11.3 Å². The number of hydrogen-bond acceptors (Lipinski definition) is 6. The third-order valence-electron chi connectivity index (χ3n) is 5.71. The Morgan fingerprint density at radius 3 is 2.49 bits per heavy atom. The van der Waals surface area contributed by atoms with Crippen molar-refractivity contribution in [2.24, 2.45) is 0 Å². The summed E-state index contributed by atoms with van der Waals surface area (Å²) in [6, 6.07) is 19.4. The molecule has 5 rings (SSSR count). The molecule has 5 aromatic rings. The Kier molecular flexibility index (Phi) is 6.42. The molecule has 0 spiro atoms. The van der Waals surface area contributed by atoms with Crippen molar-refractivity contribution in [2.75, 3.05) is 19.8 Å². The molecule has 0 bridgehead atoms. The summed E-state index contributed by atoms with van der Waals surface area (Å²) in [7, 11) is 0. The average molecular weight is 487 g/mol. The molecule has 0 saturated carbocycles. The molecule has 0 fully saturated rings. The van der Waals surface area contributed by atoms with Gasteiger partial charge in [0.1, 0.15) is 19.0 Å². The monoisotopic (exact) mass is 486 g/mol. The second kappa shape index (κ2) is 9.80. The Balaban J connectivity index is 1.36. The number of hydrogen-bond donors (Lipinski definition) is 0. The smallest absolute Gasteiger partial charge is 0.274 e. The molecule has 0 aliphatic heterocycles. The van der Waals surface area contributed by atoms with Crippen LogP contribution in [0.3, 0.4) is 0 Å². The van der Waals surface area contributed by atoms with Crippen molar-refractivity contribution < 1.29 is 14.2 Å². The Morgan fingerprint density at radius 2 is 1.69 bits per heavy atom. The van der Waals surface area contributed by atoms with Crippen LogP contribution in [0, 0.1) is 13.8 Å². The molecular weight excluding hydrogens is 460 g/mol. The summed E-state index contributed by atoms with van der Waals surface area (Å²) in [6.07, 6.45) is 1.87. The van der Waals surface area contributed by atoms with Crippen LogP contribution in [0.4, 0.5) is 0 Å². The fraction of sp³-hybridized carbons (Fsp3) is 0.214. The van der Waals surface area contributed by atoms with Crippen molar-refractivity contribution in [3.63, 3.8) is 0 Å². The fourth-order valence-corrected chi connectivity index (χ4v) is 5.07. The second-order valence-corrected chi connectivity index (χ2v) is 9.20. The highest BCUT2D eigenvalue weighted by atomic mass is 32.1. The first-order valence-corrected chi connectivity index (χ1v) is 12.4. The van der Waals surface area contributed by atoms with Crippen LogP contribution in [0.1, 0.15) is 23.6 Å². The van der Waals surface area contributed by atoms with E-state index in [0.29, 0.717) is 40.8 Å². The Hall–Kier alpha value is -3.84. The standard InChI is InChI=1S/C28H26N2O4S/c1-4-32-24-16-20(12-13-23(24)33-14-15-34-26-18(2)8-7-9-19(26)3)17-25-27(31)30-22-11-6-5-10-21(22)29-28(30)35-25/h5-13,16-17H,4,14-15H2,1-3H3/b25-17-. The number of fused-ring (bicyclic) bond motifs is 3. The minimum Gasteiger partial charge on any atom is -0.490 e. The predicted octanol–water partition coefficient (Wildman–Crippen LogP) is 4.93. The Morgan fingerprint density at radius 1 is 0.914 bits per heavy atom. The van der Waals surface area contributed by atoms with Crippen LogP contribution in [0.5, 0.6) is 17.2 Å². The van der Waals surface area contributed by atoms with Gasteiger partial charge < -0.3 is 14.2 Å².